The van der Waals surface area contributed by atoms with Crippen molar-refractivity contribution in [1.82, 2.24) is 4.98 Å². The summed E-state index contributed by atoms with van der Waals surface area (Å²) >= 11 is 0. The zero-order valence-electron chi connectivity index (χ0n) is 14.7. The predicted octanol–water partition coefficient (Wildman–Crippen LogP) is 6.39. The molecule has 0 N–H and O–H groups in total. The third kappa shape index (κ3) is 4.43. The van der Waals surface area contributed by atoms with Gasteiger partial charge in [-0.05, 0) is 73.1 Å². The first-order chi connectivity index (χ1) is 11.8. The van der Waals surface area contributed by atoms with Gasteiger partial charge in [0.25, 0.3) is 0 Å². The molecule has 1 heterocycles. The molecule has 3 rings (SSSR count). The number of aryl methyl sites for hydroxylation is 1. The van der Waals surface area contributed by atoms with Crippen molar-refractivity contribution in [2.45, 2.75) is 70.1 Å². The summed E-state index contributed by atoms with van der Waals surface area (Å²) in [4.78, 5) is 3.81. The van der Waals surface area contributed by atoms with Gasteiger partial charge in [0, 0.05) is 6.20 Å². The summed E-state index contributed by atoms with van der Waals surface area (Å²) in [6, 6.07) is 12.7. The molecule has 1 nitrogen and oxygen atoms in total. The number of rotatable bonds is 6. The van der Waals surface area contributed by atoms with Crippen LogP contribution in [0, 0.1) is 5.95 Å². The lowest BCUT2D eigenvalue weighted by molar-refractivity contribution is 0.395. The first-order valence-electron chi connectivity index (χ1n) is 9.46. The van der Waals surface area contributed by atoms with E-state index in [1.807, 2.05) is 6.07 Å². The average molecular weight is 325 g/mol. The minimum atomic E-state index is -0.383. The Bertz CT molecular complexity index is 609. The SMILES string of the molecule is CCCCCc1ccc(C2CCC(c3ccc(F)nc3)CC2)cc1. The van der Waals surface area contributed by atoms with Crippen molar-refractivity contribution >= 4 is 0 Å². The number of hydrogen-bond donors (Lipinski definition) is 0. The minimum absolute atomic E-state index is 0.383. The van der Waals surface area contributed by atoms with Crippen molar-refractivity contribution < 1.29 is 4.39 Å². The van der Waals surface area contributed by atoms with Crippen LogP contribution in [0.3, 0.4) is 0 Å². The summed E-state index contributed by atoms with van der Waals surface area (Å²) < 4.78 is 13.0. The second kappa shape index (κ2) is 8.41. The fourth-order valence-electron chi connectivity index (χ4n) is 3.92. The summed E-state index contributed by atoms with van der Waals surface area (Å²) in [5.74, 6) is 0.841. The van der Waals surface area contributed by atoms with Crippen LogP contribution < -0.4 is 0 Å². The van der Waals surface area contributed by atoms with Crippen LogP contribution in [0.2, 0.25) is 0 Å². The molecule has 1 aromatic heterocycles. The highest BCUT2D eigenvalue weighted by Crippen LogP contribution is 2.40. The average Bonchev–Trinajstić information content (AvgIpc) is 2.63. The van der Waals surface area contributed by atoms with Crippen LogP contribution in [0.4, 0.5) is 4.39 Å². The van der Waals surface area contributed by atoms with Gasteiger partial charge in [-0.25, -0.2) is 4.98 Å². The molecule has 0 atom stereocenters. The fraction of sp³-hybridized carbons (Fsp3) is 0.500. The Morgan fingerprint density at radius 2 is 1.50 bits per heavy atom. The summed E-state index contributed by atoms with van der Waals surface area (Å²) in [7, 11) is 0. The molecule has 128 valence electrons. The Morgan fingerprint density at radius 3 is 2.08 bits per heavy atom. The number of benzene rings is 1. The van der Waals surface area contributed by atoms with Gasteiger partial charge in [0.05, 0.1) is 0 Å². The van der Waals surface area contributed by atoms with Crippen molar-refractivity contribution in [2.75, 3.05) is 0 Å². The Kier molecular flexibility index (Phi) is 6.01. The van der Waals surface area contributed by atoms with Gasteiger partial charge < -0.3 is 0 Å². The van der Waals surface area contributed by atoms with Gasteiger partial charge in [0.2, 0.25) is 5.95 Å². The largest absolute Gasteiger partial charge is 0.228 e. The maximum atomic E-state index is 13.0. The maximum absolute atomic E-state index is 13.0. The van der Waals surface area contributed by atoms with E-state index in [1.54, 1.807) is 6.20 Å². The van der Waals surface area contributed by atoms with E-state index in [4.69, 9.17) is 0 Å². The monoisotopic (exact) mass is 325 g/mol. The van der Waals surface area contributed by atoms with E-state index in [-0.39, 0.29) is 5.95 Å². The van der Waals surface area contributed by atoms with Crippen molar-refractivity contribution in [1.29, 1.82) is 0 Å². The van der Waals surface area contributed by atoms with Crippen molar-refractivity contribution in [3.8, 4) is 0 Å². The third-order valence-corrected chi connectivity index (χ3v) is 5.47. The van der Waals surface area contributed by atoms with Crippen LogP contribution in [-0.4, -0.2) is 4.98 Å². The topological polar surface area (TPSA) is 12.9 Å². The van der Waals surface area contributed by atoms with E-state index < -0.39 is 0 Å². The number of pyridine rings is 1. The van der Waals surface area contributed by atoms with Crippen LogP contribution in [0.1, 0.15) is 80.4 Å². The van der Waals surface area contributed by atoms with Gasteiger partial charge in [0.15, 0.2) is 0 Å². The Balaban J connectivity index is 1.53. The van der Waals surface area contributed by atoms with E-state index in [0.29, 0.717) is 11.8 Å². The lowest BCUT2D eigenvalue weighted by atomic mass is 9.76. The molecule has 1 fully saturated rings. The Hall–Kier alpha value is -1.70. The molecule has 1 aliphatic carbocycles. The van der Waals surface area contributed by atoms with Crippen LogP contribution in [-0.2, 0) is 6.42 Å². The van der Waals surface area contributed by atoms with Gasteiger partial charge in [-0.3, -0.25) is 0 Å². The molecular weight excluding hydrogens is 297 g/mol. The van der Waals surface area contributed by atoms with Crippen LogP contribution in [0.25, 0.3) is 0 Å². The molecule has 1 saturated carbocycles. The third-order valence-electron chi connectivity index (χ3n) is 5.47. The van der Waals surface area contributed by atoms with Gasteiger partial charge >= 0.3 is 0 Å². The second-order valence-electron chi connectivity index (χ2n) is 7.16. The highest BCUT2D eigenvalue weighted by atomic mass is 19.1. The summed E-state index contributed by atoms with van der Waals surface area (Å²) in [6.45, 7) is 2.25. The number of nitrogens with zero attached hydrogens (tertiary/aromatic N) is 1. The predicted molar refractivity (Wildman–Crippen MR) is 97.8 cm³/mol. The quantitative estimate of drug-likeness (QED) is 0.442. The standard InChI is InChI=1S/C22H28FN/c1-2-3-4-5-17-6-8-18(9-7-17)19-10-12-20(13-11-19)21-14-15-22(23)24-16-21/h6-9,14-16,19-20H,2-5,10-13H2,1H3. The number of halogens is 1. The first kappa shape index (κ1) is 17.1. The summed E-state index contributed by atoms with van der Waals surface area (Å²) in [6.07, 6.45) is 11.6. The summed E-state index contributed by atoms with van der Waals surface area (Å²) in [5, 5.41) is 0. The summed E-state index contributed by atoms with van der Waals surface area (Å²) in [5.41, 5.74) is 4.16. The molecule has 0 bridgehead atoms. The molecule has 0 radical (unpaired) electrons. The minimum Gasteiger partial charge on any atom is -0.228 e. The van der Waals surface area contributed by atoms with Gasteiger partial charge in [-0.2, -0.15) is 4.39 Å². The van der Waals surface area contributed by atoms with E-state index in [0.717, 1.165) is 0 Å². The molecule has 1 aliphatic rings. The van der Waals surface area contributed by atoms with Crippen LogP contribution in [0.5, 0.6) is 0 Å². The van der Waals surface area contributed by atoms with Crippen LogP contribution in [0.15, 0.2) is 42.6 Å². The normalized spacial score (nSPS) is 20.9. The number of aromatic nitrogens is 1. The highest BCUT2D eigenvalue weighted by molar-refractivity contribution is 5.27. The Labute approximate surface area is 145 Å². The van der Waals surface area contributed by atoms with Crippen molar-refractivity contribution in [3.63, 3.8) is 0 Å². The zero-order valence-corrected chi connectivity index (χ0v) is 14.7. The zero-order chi connectivity index (χ0) is 16.8. The molecular formula is C22H28FN. The van der Waals surface area contributed by atoms with E-state index >= 15 is 0 Å². The van der Waals surface area contributed by atoms with Gasteiger partial charge in [0.1, 0.15) is 0 Å². The van der Waals surface area contributed by atoms with Crippen LogP contribution >= 0.6 is 0 Å². The maximum Gasteiger partial charge on any atom is 0.212 e. The molecule has 2 heteroatoms. The van der Waals surface area contributed by atoms with Gasteiger partial charge in [-0.1, -0.05) is 50.1 Å². The molecule has 0 saturated heterocycles. The Morgan fingerprint density at radius 1 is 0.875 bits per heavy atom. The molecule has 1 aromatic carbocycles. The first-order valence-corrected chi connectivity index (χ1v) is 9.46. The molecule has 0 unspecified atom stereocenters. The number of hydrogen-bond acceptors (Lipinski definition) is 1. The van der Waals surface area contributed by atoms with E-state index in [9.17, 15) is 4.39 Å². The molecule has 0 spiro atoms. The lowest BCUT2D eigenvalue weighted by Gasteiger charge is -2.29. The van der Waals surface area contributed by atoms with Crippen molar-refractivity contribution in [3.05, 3.63) is 65.2 Å². The molecule has 0 amide bonds. The molecule has 0 aliphatic heterocycles. The lowest BCUT2D eigenvalue weighted by Crippen LogP contribution is -2.12. The molecule has 2 aromatic rings. The fourth-order valence-corrected chi connectivity index (χ4v) is 3.92. The van der Waals surface area contributed by atoms with E-state index in [2.05, 4.69) is 36.2 Å². The molecule has 24 heavy (non-hydrogen) atoms. The van der Waals surface area contributed by atoms with Gasteiger partial charge in [-0.15, -0.1) is 0 Å². The van der Waals surface area contributed by atoms with E-state index in [1.165, 1.54) is 74.1 Å². The van der Waals surface area contributed by atoms with Crippen molar-refractivity contribution in [2.24, 2.45) is 0 Å². The highest BCUT2D eigenvalue weighted by Gasteiger charge is 2.23. The smallest absolute Gasteiger partial charge is 0.212 e. The second-order valence-corrected chi connectivity index (χ2v) is 7.16. The number of unbranched alkanes of at least 4 members (excludes halogenated alkanes) is 2.